The molecule has 2 N–H and O–H groups in total. The molecule has 0 bridgehead atoms. The molecule has 0 aliphatic rings. The third kappa shape index (κ3) is 4.50. The van der Waals surface area contributed by atoms with Gasteiger partial charge in [0.25, 0.3) is 5.91 Å². The van der Waals surface area contributed by atoms with E-state index >= 15 is 0 Å². The Kier molecular flexibility index (Phi) is 5.89. The number of aromatic nitrogens is 3. The molecular weight excluding hydrogens is 454 g/mol. The number of carbonyl (C=O) groups excluding carboxylic acids is 1. The lowest BCUT2D eigenvalue weighted by atomic mass is 10.1. The van der Waals surface area contributed by atoms with Crippen molar-refractivity contribution in [3.05, 3.63) is 112 Å². The van der Waals surface area contributed by atoms with Crippen molar-refractivity contribution in [3.8, 4) is 16.9 Å². The second-order valence-corrected chi connectivity index (χ2v) is 8.39. The number of amides is 1. The summed E-state index contributed by atoms with van der Waals surface area (Å²) in [6, 6.07) is 26.9. The molecule has 33 heavy (non-hydrogen) atoms. The van der Waals surface area contributed by atoms with Crippen LogP contribution in [-0.2, 0) is 0 Å². The molecule has 5 rings (SSSR count). The number of hydrogen-bond donors (Lipinski definition) is 2. The second-order valence-electron chi connectivity index (χ2n) is 7.11. The van der Waals surface area contributed by atoms with Crippen LogP contribution in [-0.4, -0.2) is 20.4 Å². The molecule has 1 amide bonds. The molecule has 0 spiro atoms. The first-order chi connectivity index (χ1) is 16.2. The molecule has 5 aromatic rings. The average molecular weight is 472 g/mol. The molecule has 2 heterocycles. The molecule has 8 heteroatoms. The molecule has 0 aliphatic carbocycles. The Labute approximate surface area is 198 Å². The number of benzene rings is 3. The van der Waals surface area contributed by atoms with Crippen molar-refractivity contribution in [3.63, 3.8) is 0 Å². The summed E-state index contributed by atoms with van der Waals surface area (Å²) in [4.78, 5) is 25.5. The summed E-state index contributed by atoms with van der Waals surface area (Å²) in [7, 11) is 0. The van der Waals surface area contributed by atoms with Crippen LogP contribution in [0.3, 0.4) is 0 Å². The van der Waals surface area contributed by atoms with Crippen LogP contribution in [0.5, 0.6) is 0 Å². The zero-order valence-electron chi connectivity index (χ0n) is 17.3. The topological polar surface area (TPSA) is 75.1 Å². The zero-order valence-corrected chi connectivity index (χ0v) is 18.8. The van der Waals surface area contributed by atoms with Crippen LogP contribution in [0.15, 0.2) is 102 Å². The summed E-state index contributed by atoms with van der Waals surface area (Å²) in [5, 5.41) is 5.58. The maximum atomic E-state index is 12.8. The van der Waals surface area contributed by atoms with E-state index in [0.717, 1.165) is 16.9 Å². The average Bonchev–Trinajstić information content (AvgIpc) is 3.48. The summed E-state index contributed by atoms with van der Waals surface area (Å²) in [6.07, 6.45) is 1.47. The number of hydrogen-bond acceptors (Lipinski definition) is 4. The fourth-order valence-corrected chi connectivity index (χ4v) is 4.42. The molecular formula is C25H18ClN5OS. The Bertz CT molecular complexity index is 1450. The van der Waals surface area contributed by atoms with Gasteiger partial charge in [0.15, 0.2) is 16.3 Å². The predicted molar refractivity (Wildman–Crippen MR) is 132 cm³/mol. The molecule has 0 radical (unpaired) electrons. The monoisotopic (exact) mass is 471 g/mol. The predicted octanol–water partition coefficient (Wildman–Crippen LogP) is 6.07. The quantitative estimate of drug-likeness (QED) is 0.326. The Morgan fingerprint density at radius 2 is 1.67 bits per heavy atom. The molecule has 6 nitrogen and oxygen atoms in total. The van der Waals surface area contributed by atoms with E-state index in [0.29, 0.717) is 27.0 Å². The SMILES string of the molecule is O=C(Nc1ccccc1)c1[nH]cnc1N=c1scc(-c2ccc(Cl)cc2)n1-c1ccccc1. The van der Waals surface area contributed by atoms with E-state index in [4.69, 9.17) is 16.6 Å². The molecule has 0 atom stereocenters. The Morgan fingerprint density at radius 1 is 0.970 bits per heavy atom. The summed E-state index contributed by atoms with van der Waals surface area (Å²) in [6.45, 7) is 0. The first-order valence-electron chi connectivity index (χ1n) is 10.2. The van der Waals surface area contributed by atoms with Crippen LogP contribution >= 0.6 is 22.9 Å². The molecule has 162 valence electrons. The third-order valence-electron chi connectivity index (χ3n) is 4.94. The number of rotatable bonds is 5. The molecule has 2 aromatic heterocycles. The lowest BCUT2D eigenvalue weighted by Crippen LogP contribution is -2.15. The van der Waals surface area contributed by atoms with Crippen molar-refractivity contribution in [2.75, 3.05) is 5.32 Å². The van der Waals surface area contributed by atoms with Gasteiger partial charge >= 0.3 is 0 Å². The number of imidazole rings is 1. The Hall–Kier alpha value is -3.94. The van der Waals surface area contributed by atoms with Crippen molar-refractivity contribution >= 4 is 40.4 Å². The van der Waals surface area contributed by atoms with Gasteiger partial charge in [-0.3, -0.25) is 9.36 Å². The number of thiazole rings is 1. The van der Waals surface area contributed by atoms with Crippen molar-refractivity contribution < 1.29 is 4.79 Å². The van der Waals surface area contributed by atoms with Gasteiger partial charge in [-0.15, -0.1) is 11.3 Å². The smallest absolute Gasteiger partial charge is 0.276 e. The van der Waals surface area contributed by atoms with Crippen LogP contribution in [0.1, 0.15) is 10.5 Å². The fraction of sp³-hybridized carbons (Fsp3) is 0. The highest BCUT2D eigenvalue weighted by molar-refractivity contribution is 7.07. The maximum Gasteiger partial charge on any atom is 0.276 e. The molecule has 0 saturated heterocycles. The van der Waals surface area contributed by atoms with Crippen LogP contribution in [0.25, 0.3) is 16.9 Å². The molecule has 3 aromatic carbocycles. The number of anilines is 1. The van der Waals surface area contributed by atoms with Crippen LogP contribution in [0, 0.1) is 0 Å². The van der Waals surface area contributed by atoms with E-state index in [2.05, 4.69) is 15.3 Å². The molecule has 0 unspecified atom stereocenters. The van der Waals surface area contributed by atoms with Crippen molar-refractivity contribution in [1.82, 2.24) is 14.5 Å². The molecule has 0 aliphatic heterocycles. The van der Waals surface area contributed by atoms with Crippen LogP contribution < -0.4 is 10.1 Å². The summed E-state index contributed by atoms with van der Waals surface area (Å²) in [5.41, 5.74) is 3.91. The van der Waals surface area contributed by atoms with Gasteiger partial charge in [0.1, 0.15) is 0 Å². The first kappa shape index (κ1) is 20.9. The zero-order chi connectivity index (χ0) is 22.6. The Balaban J connectivity index is 1.59. The standard InChI is InChI=1S/C25H18ClN5OS/c26-18-13-11-17(12-14-18)21-15-33-25(31(21)20-9-5-2-6-10-20)30-23-22(27-16-28-23)24(32)29-19-7-3-1-4-8-19/h1-16H,(H,27,28)(H,29,32). The second kappa shape index (κ2) is 9.28. The largest absolute Gasteiger partial charge is 0.339 e. The van der Waals surface area contributed by atoms with Crippen molar-refractivity contribution in [2.45, 2.75) is 0 Å². The van der Waals surface area contributed by atoms with Gasteiger partial charge in [0.05, 0.1) is 12.0 Å². The van der Waals surface area contributed by atoms with Gasteiger partial charge in [-0.1, -0.05) is 60.1 Å². The number of carbonyl (C=O) groups is 1. The number of halogens is 1. The van der Waals surface area contributed by atoms with E-state index in [1.165, 1.54) is 17.7 Å². The lowest BCUT2D eigenvalue weighted by Gasteiger charge is -2.09. The van der Waals surface area contributed by atoms with Crippen molar-refractivity contribution in [1.29, 1.82) is 0 Å². The third-order valence-corrected chi connectivity index (χ3v) is 6.02. The summed E-state index contributed by atoms with van der Waals surface area (Å²) >= 11 is 7.56. The Morgan fingerprint density at radius 3 is 2.39 bits per heavy atom. The number of nitrogens with zero attached hydrogens (tertiary/aromatic N) is 3. The van der Waals surface area contributed by atoms with Gasteiger partial charge in [-0.2, -0.15) is 4.99 Å². The van der Waals surface area contributed by atoms with Gasteiger partial charge in [-0.25, -0.2) is 4.98 Å². The minimum atomic E-state index is -0.307. The number of nitrogens with one attached hydrogen (secondary N) is 2. The summed E-state index contributed by atoms with van der Waals surface area (Å²) < 4.78 is 2.04. The minimum Gasteiger partial charge on any atom is -0.339 e. The van der Waals surface area contributed by atoms with Crippen LogP contribution in [0.4, 0.5) is 11.5 Å². The van der Waals surface area contributed by atoms with E-state index < -0.39 is 0 Å². The van der Waals surface area contributed by atoms with Gasteiger partial charge in [0, 0.05) is 21.8 Å². The van der Waals surface area contributed by atoms with Gasteiger partial charge in [-0.05, 0) is 42.0 Å². The van der Waals surface area contributed by atoms with E-state index in [-0.39, 0.29) is 5.91 Å². The van der Waals surface area contributed by atoms with E-state index in [1.807, 2.05) is 94.9 Å². The minimum absolute atomic E-state index is 0.292. The van der Waals surface area contributed by atoms with Gasteiger partial charge in [0.2, 0.25) is 0 Å². The highest BCUT2D eigenvalue weighted by atomic mass is 35.5. The first-order valence-corrected chi connectivity index (χ1v) is 11.4. The van der Waals surface area contributed by atoms with Gasteiger partial charge < -0.3 is 10.3 Å². The fourth-order valence-electron chi connectivity index (χ4n) is 3.38. The number of para-hydroxylation sites is 2. The van der Waals surface area contributed by atoms with Crippen LogP contribution in [0.2, 0.25) is 5.02 Å². The summed E-state index contributed by atoms with van der Waals surface area (Å²) in [5.74, 6) is 0.0100. The molecule has 0 saturated carbocycles. The number of H-pyrrole nitrogens is 1. The highest BCUT2D eigenvalue weighted by Gasteiger charge is 2.16. The lowest BCUT2D eigenvalue weighted by molar-refractivity contribution is 0.102. The van der Waals surface area contributed by atoms with E-state index in [1.54, 1.807) is 0 Å². The van der Waals surface area contributed by atoms with Crippen molar-refractivity contribution in [2.24, 2.45) is 4.99 Å². The van der Waals surface area contributed by atoms with E-state index in [9.17, 15) is 4.79 Å². The highest BCUT2D eigenvalue weighted by Crippen LogP contribution is 2.26. The number of aromatic amines is 1. The maximum absolute atomic E-state index is 12.8. The normalized spacial score (nSPS) is 11.5. The molecule has 0 fully saturated rings.